The Hall–Kier alpha value is -2.48. The molecule has 0 amide bonds. The summed E-state index contributed by atoms with van der Waals surface area (Å²) in [6.45, 7) is 0.526. The van der Waals surface area contributed by atoms with Gasteiger partial charge in [-0.25, -0.2) is 18.1 Å². The van der Waals surface area contributed by atoms with Crippen molar-refractivity contribution in [2.75, 3.05) is 6.54 Å². The number of rotatable bonds is 8. The number of aromatic nitrogens is 2. The average molecular weight is 518 g/mol. The minimum absolute atomic E-state index is 0.0280. The zero-order valence-electron chi connectivity index (χ0n) is 21.0. The first-order chi connectivity index (χ1) is 17.9. The summed E-state index contributed by atoms with van der Waals surface area (Å²) < 4.78 is 30.8. The highest BCUT2D eigenvalue weighted by atomic mass is 32.2. The predicted octanol–water partition coefficient (Wildman–Crippen LogP) is 4.77. The molecule has 2 aromatic carbocycles. The van der Waals surface area contributed by atoms with Gasteiger partial charge in [-0.2, -0.15) is 0 Å². The molecule has 4 bridgehead atoms. The van der Waals surface area contributed by atoms with Crippen molar-refractivity contribution in [2.24, 2.45) is 29.1 Å². The van der Waals surface area contributed by atoms with Gasteiger partial charge in [0.05, 0.1) is 36.1 Å². The van der Waals surface area contributed by atoms with Crippen LogP contribution in [0.3, 0.4) is 0 Å². The van der Waals surface area contributed by atoms with E-state index in [9.17, 15) is 13.5 Å². The molecule has 7 heteroatoms. The summed E-state index contributed by atoms with van der Waals surface area (Å²) in [5, 5.41) is 11.8. The molecule has 2 heterocycles. The van der Waals surface area contributed by atoms with Crippen molar-refractivity contribution in [3.63, 3.8) is 0 Å². The minimum atomic E-state index is -3.37. The molecule has 4 saturated carbocycles. The van der Waals surface area contributed by atoms with Crippen molar-refractivity contribution >= 4 is 10.0 Å². The van der Waals surface area contributed by atoms with E-state index in [-0.39, 0.29) is 23.3 Å². The van der Waals surface area contributed by atoms with Crippen LogP contribution in [-0.4, -0.2) is 35.7 Å². The molecule has 37 heavy (non-hydrogen) atoms. The smallest absolute Gasteiger partial charge is 0.215 e. The number of hydrogen-bond donors (Lipinski definition) is 2. The number of benzene rings is 2. The number of imidazole rings is 1. The normalized spacial score (nSPS) is 32.3. The molecule has 5 aliphatic rings. The van der Waals surface area contributed by atoms with Crippen molar-refractivity contribution in [3.8, 4) is 11.3 Å². The number of sulfonamides is 1. The Kier molecular flexibility index (Phi) is 5.61. The second kappa shape index (κ2) is 8.79. The van der Waals surface area contributed by atoms with Crippen molar-refractivity contribution in [3.05, 3.63) is 78.2 Å². The summed E-state index contributed by atoms with van der Waals surface area (Å²) in [6.07, 6.45) is 9.66. The molecule has 8 rings (SSSR count). The Morgan fingerprint density at radius 3 is 2.54 bits per heavy atom. The van der Waals surface area contributed by atoms with Gasteiger partial charge in [0, 0.05) is 12.1 Å². The fourth-order valence-corrected chi connectivity index (χ4v) is 9.82. The third-order valence-electron chi connectivity index (χ3n) is 10.0. The molecular formula is C30H35N3O3S. The molecule has 1 aliphatic heterocycles. The number of aliphatic hydroxyl groups excluding tert-OH is 1. The van der Waals surface area contributed by atoms with Crippen molar-refractivity contribution < 1.29 is 13.5 Å². The van der Waals surface area contributed by atoms with E-state index in [0.29, 0.717) is 36.6 Å². The lowest BCUT2D eigenvalue weighted by atomic mass is 9.44. The molecular weight excluding hydrogens is 482 g/mol. The maximum atomic E-state index is 12.8. The van der Waals surface area contributed by atoms with Crippen LogP contribution in [0.5, 0.6) is 0 Å². The van der Waals surface area contributed by atoms with Crippen molar-refractivity contribution in [2.45, 2.75) is 56.4 Å². The van der Waals surface area contributed by atoms with Gasteiger partial charge in [0.15, 0.2) is 0 Å². The van der Waals surface area contributed by atoms with E-state index in [1.807, 2.05) is 42.9 Å². The van der Waals surface area contributed by atoms with Crippen LogP contribution >= 0.6 is 0 Å². The highest BCUT2D eigenvalue weighted by molar-refractivity contribution is 7.88. The summed E-state index contributed by atoms with van der Waals surface area (Å²) in [4.78, 5) is 4.39. The summed E-state index contributed by atoms with van der Waals surface area (Å²) in [5.74, 6) is 2.03. The second-order valence-electron chi connectivity index (χ2n) is 12.1. The van der Waals surface area contributed by atoms with Crippen LogP contribution < -0.4 is 4.72 Å². The Balaban J connectivity index is 1.06. The van der Waals surface area contributed by atoms with Gasteiger partial charge in [-0.1, -0.05) is 54.6 Å². The largest absolute Gasteiger partial charge is 0.392 e. The molecule has 2 N–H and O–H groups in total. The first-order valence-electron chi connectivity index (χ1n) is 13.7. The van der Waals surface area contributed by atoms with Crippen molar-refractivity contribution in [1.29, 1.82) is 0 Å². The van der Waals surface area contributed by atoms with E-state index in [0.717, 1.165) is 30.5 Å². The van der Waals surface area contributed by atoms with Gasteiger partial charge in [-0.3, -0.25) is 0 Å². The Morgan fingerprint density at radius 2 is 1.76 bits per heavy atom. The van der Waals surface area contributed by atoms with E-state index in [4.69, 9.17) is 0 Å². The van der Waals surface area contributed by atoms with Crippen LogP contribution in [0.2, 0.25) is 0 Å². The van der Waals surface area contributed by atoms with Crippen LogP contribution in [0.25, 0.3) is 11.3 Å². The Labute approximate surface area is 219 Å². The van der Waals surface area contributed by atoms with E-state index in [1.54, 1.807) is 0 Å². The van der Waals surface area contributed by atoms with Crippen LogP contribution in [0.15, 0.2) is 67.1 Å². The molecule has 1 aromatic heterocycles. The van der Waals surface area contributed by atoms with Gasteiger partial charge < -0.3 is 9.67 Å². The second-order valence-corrected chi connectivity index (χ2v) is 13.9. The first kappa shape index (κ1) is 23.6. The number of nitrogens with one attached hydrogen (secondary N) is 1. The zero-order valence-corrected chi connectivity index (χ0v) is 21.9. The molecule has 4 fully saturated rings. The predicted molar refractivity (Wildman–Crippen MR) is 143 cm³/mol. The minimum Gasteiger partial charge on any atom is -0.392 e. The van der Waals surface area contributed by atoms with Crippen LogP contribution in [-0.2, 0) is 15.8 Å². The molecule has 4 atom stereocenters. The number of aliphatic hydroxyl groups is 1. The Morgan fingerprint density at radius 1 is 1.03 bits per heavy atom. The molecule has 4 unspecified atom stereocenters. The number of hydrogen-bond acceptors (Lipinski definition) is 4. The third-order valence-corrected chi connectivity index (χ3v) is 11.3. The molecule has 0 spiro atoms. The Bertz CT molecular complexity index is 1390. The number of nitrogens with zero attached hydrogens (tertiary/aromatic N) is 2. The monoisotopic (exact) mass is 517 g/mol. The molecule has 0 radical (unpaired) electrons. The lowest BCUT2D eigenvalue weighted by molar-refractivity contribution is -0.148. The molecule has 3 aromatic rings. The fraction of sp³-hybridized carbons (Fsp3) is 0.500. The molecule has 6 nitrogen and oxygen atoms in total. The van der Waals surface area contributed by atoms with Crippen LogP contribution in [0.4, 0.5) is 0 Å². The van der Waals surface area contributed by atoms with E-state index in [1.165, 1.54) is 24.0 Å². The van der Waals surface area contributed by atoms with E-state index >= 15 is 0 Å². The standard InChI is InChI=1S/C30H35N3O3S/c34-29(12-27-24-8-4-5-9-25(24)28-17-31-19-33(27)28)30-13-21-10-22(14-30)26(23(11-21)15-30)16-32-37(35,36)18-20-6-2-1-3-7-20/h1-9,17,19,21-23,26-27,29,32,34H,10-16,18H2. The van der Waals surface area contributed by atoms with Gasteiger partial charge >= 0.3 is 0 Å². The summed E-state index contributed by atoms with van der Waals surface area (Å²) in [5.41, 5.74) is 4.42. The highest BCUT2D eigenvalue weighted by Gasteiger charge is 2.58. The zero-order chi connectivity index (χ0) is 25.2. The summed E-state index contributed by atoms with van der Waals surface area (Å²) >= 11 is 0. The van der Waals surface area contributed by atoms with Gasteiger partial charge in [0.2, 0.25) is 10.0 Å². The molecule has 0 saturated heterocycles. The number of fused-ring (bicyclic) bond motifs is 3. The molecule has 194 valence electrons. The van der Waals surface area contributed by atoms with Gasteiger partial charge in [-0.05, 0) is 78.7 Å². The third kappa shape index (κ3) is 4.06. The lowest BCUT2D eigenvalue weighted by Crippen LogP contribution is -2.57. The SMILES string of the molecule is O=S(=O)(Cc1ccccc1)NCC1C2CC3CC1CC(C(O)CC1c4ccccc4-c4cncn41)(C3)C2. The molecule has 4 aliphatic carbocycles. The van der Waals surface area contributed by atoms with E-state index in [2.05, 4.69) is 38.5 Å². The van der Waals surface area contributed by atoms with Crippen LogP contribution in [0, 0.1) is 29.1 Å². The van der Waals surface area contributed by atoms with Gasteiger partial charge in [-0.15, -0.1) is 0 Å². The summed E-state index contributed by atoms with van der Waals surface area (Å²) in [7, 11) is -3.37. The average Bonchev–Trinajstić information content (AvgIpc) is 3.46. The van der Waals surface area contributed by atoms with Gasteiger partial charge in [0.1, 0.15) is 0 Å². The lowest BCUT2D eigenvalue weighted by Gasteiger charge is -2.61. The van der Waals surface area contributed by atoms with Crippen molar-refractivity contribution in [1.82, 2.24) is 14.3 Å². The quantitative estimate of drug-likeness (QED) is 0.451. The van der Waals surface area contributed by atoms with Crippen LogP contribution in [0.1, 0.15) is 55.7 Å². The summed E-state index contributed by atoms with van der Waals surface area (Å²) in [6, 6.07) is 18.0. The highest BCUT2D eigenvalue weighted by Crippen LogP contribution is 2.64. The fourth-order valence-electron chi connectivity index (χ4n) is 8.64. The topological polar surface area (TPSA) is 84.2 Å². The maximum absolute atomic E-state index is 12.8. The first-order valence-corrected chi connectivity index (χ1v) is 15.4. The van der Waals surface area contributed by atoms with E-state index < -0.39 is 10.0 Å². The van der Waals surface area contributed by atoms with Gasteiger partial charge in [0.25, 0.3) is 0 Å². The maximum Gasteiger partial charge on any atom is 0.215 e.